The van der Waals surface area contributed by atoms with Gasteiger partial charge in [0.15, 0.2) is 0 Å². The molecule has 2 rings (SSSR count). The van der Waals surface area contributed by atoms with E-state index in [2.05, 4.69) is 34.6 Å². The molecule has 2 aliphatic rings. The minimum absolute atomic E-state index is 0.974. The molecule has 100 valence electrons. The van der Waals surface area contributed by atoms with E-state index in [1.165, 1.54) is 25.7 Å². The molecule has 0 heterocycles. The van der Waals surface area contributed by atoms with Gasteiger partial charge in [0.05, 0.1) is 0 Å². The summed E-state index contributed by atoms with van der Waals surface area (Å²) >= 11 is 0. The van der Waals surface area contributed by atoms with E-state index in [-0.39, 0.29) is 0 Å². The molecular formula is C17H32. The lowest BCUT2D eigenvalue weighted by Crippen LogP contribution is -2.09. The van der Waals surface area contributed by atoms with E-state index in [4.69, 9.17) is 0 Å². The molecule has 0 aromatic rings. The first-order valence-electron chi connectivity index (χ1n) is 8.06. The smallest absolute Gasteiger partial charge is 0.0331 e. The highest BCUT2D eigenvalue weighted by atomic mass is 14.5. The van der Waals surface area contributed by atoms with Crippen molar-refractivity contribution >= 4 is 0 Å². The fourth-order valence-corrected chi connectivity index (χ4v) is 4.42. The average molecular weight is 236 g/mol. The zero-order chi connectivity index (χ0) is 12.6. The van der Waals surface area contributed by atoms with Crippen LogP contribution < -0.4 is 0 Å². The lowest BCUT2D eigenvalue weighted by molar-refractivity contribution is 0.323. The highest BCUT2D eigenvalue weighted by molar-refractivity contribution is 4.96. The molecule has 0 amide bonds. The largest absolute Gasteiger partial charge is 0.0654 e. The Bertz CT molecular complexity index is 236. The number of unbranched alkanes of at least 4 members (excludes halogenated alkanes) is 1. The van der Waals surface area contributed by atoms with Crippen molar-refractivity contribution in [3.8, 4) is 0 Å². The van der Waals surface area contributed by atoms with E-state index in [9.17, 15) is 0 Å². The van der Waals surface area contributed by atoms with Crippen molar-refractivity contribution in [1.82, 2.24) is 0 Å². The van der Waals surface area contributed by atoms with Gasteiger partial charge in [0, 0.05) is 0 Å². The van der Waals surface area contributed by atoms with Gasteiger partial charge in [-0.1, -0.05) is 53.9 Å². The topological polar surface area (TPSA) is 0 Å². The third kappa shape index (κ3) is 3.06. The summed E-state index contributed by atoms with van der Waals surface area (Å²) in [6, 6.07) is 0. The maximum Gasteiger partial charge on any atom is -0.0331 e. The molecule has 0 nitrogen and oxygen atoms in total. The van der Waals surface area contributed by atoms with Crippen LogP contribution in [0, 0.1) is 41.4 Å². The van der Waals surface area contributed by atoms with Gasteiger partial charge in [0.2, 0.25) is 0 Å². The van der Waals surface area contributed by atoms with E-state index in [0.717, 1.165) is 41.4 Å². The minimum atomic E-state index is 0.974. The van der Waals surface area contributed by atoms with E-state index < -0.39 is 0 Å². The molecule has 0 bridgehead atoms. The van der Waals surface area contributed by atoms with E-state index in [0.29, 0.717) is 0 Å². The Balaban J connectivity index is 1.66. The van der Waals surface area contributed by atoms with Crippen LogP contribution in [0.15, 0.2) is 0 Å². The van der Waals surface area contributed by atoms with Crippen LogP contribution in [0.25, 0.3) is 0 Å². The Labute approximate surface area is 109 Å². The molecule has 2 fully saturated rings. The molecule has 0 radical (unpaired) electrons. The highest BCUT2D eigenvalue weighted by Gasteiger charge is 2.47. The first kappa shape index (κ1) is 13.4. The molecule has 0 saturated heterocycles. The second-order valence-electron chi connectivity index (χ2n) is 7.29. The fourth-order valence-electron chi connectivity index (χ4n) is 4.42. The Kier molecular flexibility index (Phi) is 4.21. The number of hydrogen-bond donors (Lipinski definition) is 0. The molecule has 0 spiro atoms. The van der Waals surface area contributed by atoms with Crippen LogP contribution in [-0.4, -0.2) is 0 Å². The van der Waals surface area contributed by atoms with Crippen molar-refractivity contribution in [2.75, 3.05) is 0 Å². The molecule has 0 aliphatic heterocycles. The van der Waals surface area contributed by atoms with Crippen molar-refractivity contribution in [1.29, 1.82) is 0 Å². The van der Waals surface area contributed by atoms with Crippen molar-refractivity contribution in [2.24, 2.45) is 41.4 Å². The lowest BCUT2D eigenvalue weighted by atomic mass is 9.88. The Morgan fingerprint density at radius 1 is 1.06 bits per heavy atom. The molecule has 2 saturated carbocycles. The van der Waals surface area contributed by atoms with Gasteiger partial charge in [0.25, 0.3) is 0 Å². The molecule has 6 unspecified atom stereocenters. The fraction of sp³-hybridized carbons (Fsp3) is 1.00. The number of rotatable bonds is 7. The molecule has 6 atom stereocenters. The van der Waals surface area contributed by atoms with E-state index in [1.54, 1.807) is 6.42 Å². The van der Waals surface area contributed by atoms with Crippen LogP contribution >= 0.6 is 0 Å². The zero-order valence-corrected chi connectivity index (χ0v) is 12.6. The molecule has 0 heteroatoms. The van der Waals surface area contributed by atoms with Gasteiger partial charge >= 0.3 is 0 Å². The van der Waals surface area contributed by atoms with Crippen LogP contribution in [0.2, 0.25) is 0 Å². The maximum atomic E-state index is 2.52. The van der Waals surface area contributed by atoms with Crippen molar-refractivity contribution in [3.63, 3.8) is 0 Å². The summed E-state index contributed by atoms with van der Waals surface area (Å²) in [4.78, 5) is 0. The molecule has 0 aromatic carbocycles. The monoisotopic (exact) mass is 236 g/mol. The molecule has 2 aliphatic carbocycles. The van der Waals surface area contributed by atoms with Gasteiger partial charge in [-0.05, 0) is 54.3 Å². The summed E-state index contributed by atoms with van der Waals surface area (Å²) in [5.74, 6) is 7.22. The van der Waals surface area contributed by atoms with Gasteiger partial charge in [-0.15, -0.1) is 0 Å². The molecule has 0 aromatic heterocycles. The van der Waals surface area contributed by atoms with Gasteiger partial charge in [-0.25, -0.2) is 0 Å². The summed E-state index contributed by atoms with van der Waals surface area (Å²) in [5.41, 5.74) is 0. The second-order valence-corrected chi connectivity index (χ2v) is 7.29. The van der Waals surface area contributed by atoms with Crippen molar-refractivity contribution in [2.45, 2.75) is 66.7 Å². The summed E-state index contributed by atoms with van der Waals surface area (Å²) in [7, 11) is 0. The normalized spacial score (nSPS) is 43.2. The predicted molar refractivity (Wildman–Crippen MR) is 75.9 cm³/mol. The lowest BCUT2D eigenvalue weighted by Gasteiger charge is -2.17. The molecule has 17 heavy (non-hydrogen) atoms. The third-order valence-corrected chi connectivity index (χ3v) is 5.94. The maximum absolute atomic E-state index is 2.52. The molecular weight excluding hydrogens is 204 g/mol. The van der Waals surface area contributed by atoms with Gasteiger partial charge in [-0.2, -0.15) is 0 Å². The van der Waals surface area contributed by atoms with Crippen LogP contribution in [0.1, 0.15) is 66.7 Å². The van der Waals surface area contributed by atoms with Crippen LogP contribution in [0.5, 0.6) is 0 Å². The van der Waals surface area contributed by atoms with Crippen LogP contribution in [-0.2, 0) is 0 Å². The highest BCUT2D eigenvalue weighted by Crippen LogP contribution is 2.54. The summed E-state index contributed by atoms with van der Waals surface area (Å²) < 4.78 is 0. The quantitative estimate of drug-likeness (QED) is 0.557. The van der Waals surface area contributed by atoms with Crippen LogP contribution in [0.4, 0.5) is 0 Å². The van der Waals surface area contributed by atoms with Gasteiger partial charge in [-0.3, -0.25) is 0 Å². The van der Waals surface area contributed by atoms with E-state index in [1.807, 2.05) is 0 Å². The van der Waals surface area contributed by atoms with Crippen molar-refractivity contribution in [3.05, 3.63) is 0 Å². The minimum Gasteiger partial charge on any atom is -0.0654 e. The summed E-state index contributed by atoms with van der Waals surface area (Å²) in [6.45, 7) is 12.2. The third-order valence-electron chi connectivity index (χ3n) is 5.94. The summed E-state index contributed by atoms with van der Waals surface area (Å²) in [6.07, 6.45) is 7.39. The first-order chi connectivity index (χ1) is 8.06. The van der Waals surface area contributed by atoms with E-state index >= 15 is 0 Å². The number of hydrogen-bond acceptors (Lipinski definition) is 0. The summed E-state index contributed by atoms with van der Waals surface area (Å²) in [5, 5.41) is 0. The zero-order valence-electron chi connectivity index (χ0n) is 12.6. The van der Waals surface area contributed by atoms with Gasteiger partial charge < -0.3 is 0 Å². The first-order valence-corrected chi connectivity index (χ1v) is 8.06. The van der Waals surface area contributed by atoms with Crippen LogP contribution in [0.3, 0.4) is 0 Å². The average Bonchev–Trinajstić information content (AvgIpc) is 3.15. The van der Waals surface area contributed by atoms with Gasteiger partial charge in [0.1, 0.15) is 0 Å². The standard InChI is InChI=1S/C17H32/c1-6-7-8-15-10-16(15)11(2)9-12(3)17-13(4)14(17)5/h11-17H,6-10H2,1-5H3. The predicted octanol–water partition coefficient (Wildman–Crippen LogP) is 5.38. The Morgan fingerprint density at radius 3 is 2.24 bits per heavy atom. The SMILES string of the molecule is CCCCC1CC1C(C)CC(C)C1C(C)C1C. The van der Waals surface area contributed by atoms with Crippen molar-refractivity contribution < 1.29 is 0 Å². The Hall–Kier alpha value is 0. The Morgan fingerprint density at radius 2 is 1.71 bits per heavy atom. The second kappa shape index (κ2) is 5.33. The molecule has 0 N–H and O–H groups in total.